The van der Waals surface area contributed by atoms with Crippen molar-refractivity contribution < 1.29 is 9.47 Å². The van der Waals surface area contributed by atoms with Crippen LogP contribution in [0.1, 0.15) is 16.7 Å². The van der Waals surface area contributed by atoms with Crippen molar-refractivity contribution >= 4 is 33.4 Å². The van der Waals surface area contributed by atoms with Crippen molar-refractivity contribution in [1.29, 1.82) is 10.5 Å². The van der Waals surface area contributed by atoms with Crippen molar-refractivity contribution in [1.82, 2.24) is 14.4 Å². The second kappa shape index (κ2) is 8.81. The number of hydrogen-bond acceptors (Lipinski definition) is 7. The number of fused-ring (bicyclic) bond motifs is 4. The van der Waals surface area contributed by atoms with E-state index in [1.54, 1.807) is 23.6 Å². The zero-order chi connectivity index (χ0) is 26.4. The molecule has 3 aromatic heterocycles. The summed E-state index contributed by atoms with van der Waals surface area (Å²) in [6, 6.07) is 26.8. The number of hydrogen-bond donors (Lipinski definition) is 1. The summed E-state index contributed by atoms with van der Waals surface area (Å²) in [6.45, 7) is 1.96. The first kappa shape index (κ1) is 22.8. The quantitative estimate of drug-likeness (QED) is 0.311. The van der Waals surface area contributed by atoms with Gasteiger partial charge in [0.1, 0.15) is 40.6 Å². The fourth-order valence-electron chi connectivity index (χ4n) is 4.69. The SMILES string of the molecule is COc1ccc2nc(Oc3ccccc3)c(-c3c(C#N)c(N)n4c(nc5cc(C)ccc54)c3C#N)cc2c1. The average Bonchev–Trinajstić information content (AvgIpc) is 3.31. The minimum Gasteiger partial charge on any atom is -0.497 e. The summed E-state index contributed by atoms with van der Waals surface area (Å²) in [7, 11) is 1.59. The summed E-state index contributed by atoms with van der Waals surface area (Å²) in [5.74, 6) is 1.62. The van der Waals surface area contributed by atoms with Crippen LogP contribution in [-0.4, -0.2) is 21.5 Å². The standard InChI is InChI=1S/C30H20N6O2/c1-17-8-11-26-25(12-17)34-29-23(16-32)27(22(15-31)28(33)36(26)29)21-14-18-13-20(37-2)9-10-24(18)35-30(21)38-19-6-4-3-5-7-19/h3-14H,33H2,1-2H3. The number of nitrogen functional groups attached to an aromatic ring is 1. The number of aryl methyl sites for hydroxylation is 1. The second-order valence-corrected chi connectivity index (χ2v) is 8.81. The van der Waals surface area contributed by atoms with E-state index in [9.17, 15) is 10.5 Å². The molecular weight excluding hydrogens is 476 g/mol. The highest BCUT2D eigenvalue weighted by Crippen LogP contribution is 2.42. The van der Waals surface area contributed by atoms with Gasteiger partial charge >= 0.3 is 0 Å². The molecule has 182 valence electrons. The van der Waals surface area contributed by atoms with Crippen LogP contribution in [-0.2, 0) is 0 Å². The molecule has 0 aliphatic heterocycles. The molecule has 0 fully saturated rings. The smallest absolute Gasteiger partial charge is 0.227 e. The Kier molecular flexibility index (Phi) is 5.29. The van der Waals surface area contributed by atoms with E-state index in [1.807, 2.05) is 67.6 Å². The Hall–Kier alpha value is -5.60. The molecule has 8 heteroatoms. The molecule has 0 aliphatic carbocycles. The third kappa shape index (κ3) is 3.52. The van der Waals surface area contributed by atoms with Crippen LogP contribution >= 0.6 is 0 Å². The van der Waals surface area contributed by atoms with Gasteiger partial charge in [-0.3, -0.25) is 4.40 Å². The second-order valence-electron chi connectivity index (χ2n) is 8.81. The zero-order valence-corrected chi connectivity index (χ0v) is 20.6. The monoisotopic (exact) mass is 496 g/mol. The van der Waals surface area contributed by atoms with Crippen molar-refractivity contribution in [3.8, 4) is 40.6 Å². The molecule has 0 saturated carbocycles. The van der Waals surface area contributed by atoms with Crippen LogP contribution in [0.4, 0.5) is 5.82 Å². The molecule has 6 aromatic rings. The van der Waals surface area contributed by atoms with Crippen molar-refractivity contribution in [2.45, 2.75) is 6.92 Å². The van der Waals surface area contributed by atoms with Crippen LogP contribution in [0.2, 0.25) is 0 Å². The lowest BCUT2D eigenvalue weighted by Gasteiger charge is -2.16. The highest BCUT2D eigenvalue weighted by Gasteiger charge is 2.26. The van der Waals surface area contributed by atoms with Gasteiger partial charge in [-0.2, -0.15) is 10.5 Å². The average molecular weight is 497 g/mol. The molecule has 0 aliphatic rings. The fraction of sp³-hybridized carbons (Fsp3) is 0.0667. The van der Waals surface area contributed by atoms with Gasteiger partial charge in [-0.25, -0.2) is 9.97 Å². The number of rotatable bonds is 4. The fourth-order valence-corrected chi connectivity index (χ4v) is 4.69. The summed E-state index contributed by atoms with van der Waals surface area (Å²) in [5.41, 5.74) is 11.1. The van der Waals surface area contributed by atoms with E-state index in [4.69, 9.17) is 25.2 Å². The van der Waals surface area contributed by atoms with Crippen molar-refractivity contribution in [3.05, 3.63) is 89.5 Å². The Labute approximate surface area is 217 Å². The van der Waals surface area contributed by atoms with E-state index in [1.165, 1.54) is 0 Å². The number of para-hydroxylation sites is 1. The van der Waals surface area contributed by atoms with Gasteiger partial charge in [-0.15, -0.1) is 0 Å². The van der Waals surface area contributed by atoms with E-state index < -0.39 is 0 Å². The number of ether oxygens (including phenoxy) is 2. The molecule has 6 rings (SSSR count). The number of nitrogens with zero attached hydrogens (tertiary/aromatic N) is 5. The lowest BCUT2D eigenvalue weighted by atomic mass is 9.95. The largest absolute Gasteiger partial charge is 0.497 e. The first-order valence-electron chi connectivity index (χ1n) is 11.8. The van der Waals surface area contributed by atoms with Gasteiger partial charge in [0.25, 0.3) is 0 Å². The molecule has 0 atom stereocenters. The first-order valence-corrected chi connectivity index (χ1v) is 11.8. The molecule has 0 spiro atoms. The third-order valence-electron chi connectivity index (χ3n) is 6.47. The topological polar surface area (TPSA) is 122 Å². The van der Waals surface area contributed by atoms with Crippen LogP contribution < -0.4 is 15.2 Å². The summed E-state index contributed by atoms with van der Waals surface area (Å²) >= 11 is 0. The third-order valence-corrected chi connectivity index (χ3v) is 6.47. The van der Waals surface area contributed by atoms with Gasteiger partial charge in [0.15, 0.2) is 5.65 Å². The van der Waals surface area contributed by atoms with Gasteiger partial charge in [-0.05, 0) is 61.0 Å². The van der Waals surface area contributed by atoms with Gasteiger partial charge in [0.2, 0.25) is 5.88 Å². The number of pyridine rings is 2. The van der Waals surface area contributed by atoms with Crippen LogP contribution in [0, 0.1) is 29.6 Å². The zero-order valence-electron chi connectivity index (χ0n) is 20.6. The molecule has 0 amide bonds. The van der Waals surface area contributed by atoms with E-state index in [0.29, 0.717) is 44.8 Å². The Morgan fingerprint density at radius 3 is 2.37 bits per heavy atom. The predicted molar refractivity (Wildman–Crippen MR) is 145 cm³/mol. The predicted octanol–water partition coefficient (Wildman–Crippen LogP) is 6.14. The summed E-state index contributed by atoms with van der Waals surface area (Å²) in [6.07, 6.45) is 0. The molecule has 38 heavy (non-hydrogen) atoms. The maximum atomic E-state index is 10.4. The van der Waals surface area contributed by atoms with Crippen LogP contribution in [0.3, 0.4) is 0 Å². The Bertz CT molecular complexity index is 1980. The van der Waals surface area contributed by atoms with Gasteiger partial charge in [-0.1, -0.05) is 24.3 Å². The number of anilines is 1. The summed E-state index contributed by atoms with van der Waals surface area (Å²) in [4.78, 5) is 9.51. The molecule has 3 heterocycles. The highest BCUT2D eigenvalue weighted by atomic mass is 16.5. The number of nitriles is 2. The van der Waals surface area contributed by atoms with Crippen LogP contribution in [0.15, 0.2) is 72.8 Å². The van der Waals surface area contributed by atoms with Gasteiger partial charge < -0.3 is 15.2 Å². The lowest BCUT2D eigenvalue weighted by Crippen LogP contribution is -2.06. The van der Waals surface area contributed by atoms with Crippen LogP contribution in [0.5, 0.6) is 17.4 Å². The molecular formula is C30H20N6O2. The van der Waals surface area contributed by atoms with E-state index in [-0.39, 0.29) is 22.8 Å². The van der Waals surface area contributed by atoms with E-state index in [0.717, 1.165) is 10.9 Å². The van der Waals surface area contributed by atoms with Crippen molar-refractivity contribution in [3.63, 3.8) is 0 Å². The lowest BCUT2D eigenvalue weighted by molar-refractivity contribution is 0.415. The number of imidazole rings is 1. The molecule has 0 bridgehead atoms. The Morgan fingerprint density at radius 1 is 0.842 bits per heavy atom. The van der Waals surface area contributed by atoms with E-state index >= 15 is 0 Å². The maximum Gasteiger partial charge on any atom is 0.227 e. The summed E-state index contributed by atoms with van der Waals surface area (Å²) < 4.78 is 13.3. The van der Waals surface area contributed by atoms with Crippen LogP contribution in [0.25, 0.3) is 38.7 Å². The molecule has 8 nitrogen and oxygen atoms in total. The highest BCUT2D eigenvalue weighted by molar-refractivity contribution is 5.96. The Morgan fingerprint density at radius 2 is 1.63 bits per heavy atom. The Balaban J connectivity index is 1.74. The minimum absolute atomic E-state index is 0.135. The van der Waals surface area contributed by atoms with E-state index in [2.05, 4.69) is 12.1 Å². The molecule has 0 saturated heterocycles. The van der Waals surface area contributed by atoms with Crippen molar-refractivity contribution in [2.75, 3.05) is 12.8 Å². The summed E-state index contributed by atoms with van der Waals surface area (Å²) in [5, 5.41) is 21.5. The number of aromatic nitrogens is 3. The number of methoxy groups -OCH3 is 1. The maximum absolute atomic E-state index is 10.4. The van der Waals surface area contributed by atoms with Gasteiger partial charge in [0.05, 0.1) is 23.7 Å². The van der Waals surface area contributed by atoms with Crippen molar-refractivity contribution in [2.24, 2.45) is 0 Å². The van der Waals surface area contributed by atoms with Gasteiger partial charge in [0, 0.05) is 16.5 Å². The molecule has 0 radical (unpaired) electrons. The number of nitrogens with two attached hydrogens (primary N) is 1. The normalized spacial score (nSPS) is 10.9. The number of benzene rings is 3. The molecule has 3 aromatic carbocycles. The minimum atomic E-state index is 0.135. The molecule has 2 N–H and O–H groups in total. The first-order chi connectivity index (χ1) is 18.5. The molecule has 0 unspecified atom stereocenters.